The maximum absolute atomic E-state index is 14.5. The van der Waals surface area contributed by atoms with Crippen LogP contribution in [0.1, 0.15) is 11.1 Å². The molecule has 0 spiro atoms. The molecule has 0 fully saturated rings. The summed E-state index contributed by atoms with van der Waals surface area (Å²) in [6, 6.07) is 8.23. The number of methoxy groups -OCH3 is 1. The Morgan fingerprint density at radius 1 is 1.15 bits per heavy atom. The van der Waals surface area contributed by atoms with E-state index in [1.54, 1.807) is 30.4 Å². The summed E-state index contributed by atoms with van der Waals surface area (Å²) in [4.78, 5) is 1.25. The standard InChI is InChI=1S/C20H16ClF4NO/c1-27-12-7-8-15(21)14(10-12)13-4-3-9-26(11-18(24)25)20(13)19-16(22)5-2-6-17(19)23/h2-8,10,18H,9,11H2,1H3. The molecule has 2 aromatic rings. The Kier molecular flexibility index (Phi) is 5.75. The summed E-state index contributed by atoms with van der Waals surface area (Å²) in [6.07, 6.45) is 0.600. The second kappa shape index (κ2) is 8.05. The highest BCUT2D eigenvalue weighted by atomic mass is 35.5. The predicted octanol–water partition coefficient (Wildman–Crippen LogP) is 5.63. The zero-order valence-electron chi connectivity index (χ0n) is 14.4. The van der Waals surface area contributed by atoms with Gasteiger partial charge in [0, 0.05) is 22.7 Å². The first-order valence-electron chi connectivity index (χ1n) is 8.14. The second-order valence-corrected chi connectivity index (χ2v) is 6.31. The summed E-state index contributed by atoms with van der Waals surface area (Å²) in [5, 5.41) is 0.309. The minimum atomic E-state index is -2.68. The molecule has 1 aliphatic rings. The zero-order chi connectivity index (χ0) is 19.6. The van der Waals surface area contributed by atoms with E-state index in [1.165, 1.54) is 18.1 Å². The van der Waals surface area contributed by atoms with Crippen LogP contribution in [0.5, 0.6) is 5.75 Å². The Morgan fingerprint density at radius 2 is 1.85 bits per heavy atom. The van der Waals surface area contributed by atoms with Gasteiger partial charge in [0.1, 0.15) is 17.4 Å². The lowest BCUT2D eigenvalue weighted by atomic mass is 9.94. The van der Waals surface area contributed by atoms with E-state index in [4.69, 9.17) is 16.3 Å². The molecule has 0 aromatic heterocycles. The van der Waals surface area contributed by atoms with Gasteiger partial charge in [-0.1, -0.05) is 29.8 Å². The third-order valence-corrected chi connectivity index (χ3v) is 4.53. The van der Waals surface area contributed by atoms with Crippen molar-refractivity contribution >= 4 is 22.9 Å². The van der Waals surface area contributed by atoms with E-state index < -0.39 is 24.6 Å². The first kappa shape index (κ1) is 19.3. The number of nitrogens with zero attached hydrogens (tertiary/aromatic N) is 1. The molecule has 1 aliphatic heterocycles. The third-order valence-electron chi connectivity index (χ3n) is 4.20. The van der Waals surface area contributed by atoms with Gasteiger partial charge < -0.3 is 9.64 Å². The van der Waals surface area contributed by atoms with Crippen LogP contribution in [-0.4, -0.2) is 31.5 Å². The molecule has 0 aliphatic carbocycles. The lowest BCUT2D eigenvalue weighted by Gasteiger charge is -2.32. The molecule has 1 heterocycles. The van der Waals surface area contributed by atoms with Gasteiger partial charge in [0.05, 0.1) is 24.9 Å². The van der Waals surface area contributed by atoms with Gasteiger partial charge in [-0.3, -0.25) is 0 Å². The van der Waals surface area contributed by atoms with Crippen molar-refractivity contribution in [1.29, 1.82) is 0 Å². The van der Waals surface area contributed by atoms with Crippen molar-refractivity contribution in [3.8, 4) is 5.75 Å². The molecular formula is C20H16ClF4NO. The summed E-state index contributed by atoms with van der Waals surface area (Å²) in [7, 11) is 1.47. The van der Waals surface area contributed by atoms with Crippen molar-refractivity contribution in [2.75, 3.05) is 20.2 Å². The largest absolute Gasteiger partial charge is 0.497 e. The Labute approximate surface area is 159 Å². The van der Waals surface area contributed by atoms with Crippen LogP contribution in [0.2, 0.25) is 5.02 Å². The maximum atomic E-state index is 14.5. The SMILES string of the molecule is COc1ccc(Cl)c(C2=C(c3c(F)cccc3F)N(CC(F)F)CC=C2)c1. The van der Waals surface area contributed by atoms with E-state index in [9.17, 15) is 17.6 Å². The van der Waals surface area contributed by atoms with Crippen molar-refractivity contribution in [3.63, 3.8) is 0 Å². The van der Waals surface area contributed by atoms with E-state index in [2.05, 4.69) is 0 Å². The Morgan fingerprint density at radius 3 is 2.48 bits per heavy atom. The molecule has 27 heavy (non-hydrogen) atoms. The summed E-state index contributed by atoms with van der Waals surface area (Å²) in [6.45, 7) is -0.572. The van der Waals surface area contributed by atoms with Gasteiger partial charge in [-0.2, -0.15) is 0 Å². The van der Waals surface area contributed by atoms with Crippen LogP contribution in [0.4, 0.5) is 17.6 Å². The lowest BCUT2D eigenvalue weighted by molar-refractivity contribution is 0.116. The topological polar surface area (TPSA) is 12.5 Å². The molecule has 0 saturated heterocycles. The van der Waals surface area contributed by atoms with E-state index >= 15 is 0 Å². The first-order chi connectivity index (χ1) is 12.9. The summed E-state index contributed by atoms with van der Waals surface area (Å²) >= 11 is 6.29. The average Bonchev–Trinajstić information content (AvgIpc) is 2.62. The molecule has 2 aromatic carbocycles. The Balaban J connectivity index is 2.30. The number of hydrogen-bond acceptors (Lipinski definition) is 2. The summed E-state index contributed by atoms with van der Waals surface area (Å²) < 4.78 is 60.4. The average molecular weight is 398 g/mol. The number of allylic oxidation sites excluding steroid dienone is 2. The Hall–Kier alpha value is -2.47. The number of ether oxygens (including phenoxy) is 1. The lowest BCUT2D eigenvalue weighted by Crippen LogP contribution is -2.31. The monoisotopic (exact) mass is 397 g/mol. The van der Waals surface area contributed by atoms with Gasteiger partial charge in [0.2, 0.25) is 0 Å². The van der Waals surface area contributed by atoms with Gasteiger partial charge in [-0.15, -0.1) is 0 Å². The molecule has 7 heteroatoms. The molecule has 0 amide bonds. The number of benzene rings is 2. The van der Waals surface area contributed by atoms with Gasteiger partial charge in [0.15, 0.2) is 0 Å². The van der Waals surface area contributed by atoms with Crippen molar-refractivity contribution in [2.45, 2.75) is 6.43 Å². The van der Waals surface area contributed by atoms with Gasteiger partial charge >= 0.3 is 0 Å². The van der Waals surface area contributed by atoms with Crippen LogP contribution >= 0.6 is 11.6 Å². The van der Waals surface area contributed by atoms with Crippen molar-refractivity contribution in [2.24, 2.45) is 0 Å². The minimum Gasteiger partial charge on any atom is -0.497 e. The summed E-state index contributed by atoms with van der Waals surface area (Å²) in [5.74, 6) is -1.19. The van der Waals surface area contributed by atoms with E-state index in [0.717, 1.165) is 12.1 Å². The molecule has 0 atom stereocenters. The molecule has 0 bridgehead atoms. The number of halogens is 5. The van der Waals surface area contributed by atoms with Crippen molar-refractivity contribution in [3.05, 3.63) is 76.3 Å². The first-order valence-corrected chi connectivity index (χ1v) is 8.52. The second-order valence-electron chi connectivity index (χ2n) is 5.90. The molecule has 3 rings (SSSR count). The smallest absolute Gasteiger partial charge is 0.255 e. The van der Waals surface area contributed by atoms with Crippen molar-refractivity contribution < 1.29 is 22.3 Å². The van der Waals surface area contributed by atoms with Gasteiger partial charge in [0.25, 0.3) is 6.43 Å². The molecule has 0 saturated carbocycles. The molecule has 0 radical (unpaired) electrons. The maximum Gasteiger partial charge on any atom is 0.255 e. The zero-order valence-corrected chi connectivity index (χ0v) is 15.1. The van der Waals surface area contributed by atoms with Crippen LogP contribution in [0.25, 0.3) is 11.3 Å². The normalized spacial score (nSPS) is 14.3. The van der Waals surface area contributed by atoms with E-state index in [0.29, 0.717) is 21.9 Å². The summed E-state index contributed by atoms with van der Waals surface area (Å²) in [5.41, 5.74) is 0.443. The minimum absolute atomic E-state index is 0.0311. The van der Waals surface area contributed by atoms with Crippen molar-refractivity contribution in [1.82, 2.24) is 4.90 Å². The highest BCUT2D eigenvalue weighted by Gasteiger charge is 2.27. The van der Waals surface area contributed by atoms with E-state index in [1.807, 2.05) is 0 Å². The number of alkyl halides is 2. The number of hydrogen-bond donors (Lipinski definition) is 0. The molecule has 142 valence electrons. The van der Waals surface area contributed by atoms with Crippen LogP contribution in [-0.2, 0) is 0 Å². The van der Waals surface area contributed by atoms with Crippen LogP contribution < -0.4 is 4.74 Å². The van der Waals surface area contributed by atoms with Gasteiger partial charge in [-0.05, 0) is 30.3 Å². The number of rotatable bonds is 5. The fourth-order valence-corrected chi connectivity index (χ4v) is 3.26. The fourth-order valence-electron chi connectivity index (χ4n) is 3.04. The highest BCUT2D eigenvalue weighted by molar-refractivity contribution is 6.33. The fraction of sp³-hybridized carbons (Fsp3) is 0.200. The quantitative estimate of drug-likeness (QED) is 0.606. The third kappa shape index (κ3) is 3.95. The molecule has 0 unspecified atom stereocenters. The van der Waals surface area contributed by atoms with E-state index in [-0.39, 0.29) is 17.8 Å². The molecular weight excluding hydrogens is 382 g/mol. The van der Waals surface area contributed by atoms with Crippen LogP contribution in [0.3, 0.4) is 0 Å². The highest BCUT2D eigenvalue weighted by Crippen LogP contribution is 2.39. The molecule has 0 N–H and O–H groups in total. The van der Waals surface area contributed by atoms with Crippen LogP contribution in [0.15, 0.2) is 48.6 Å². The van der Waals surface area contributed by atoms with Crippen LogP contribution in [0, 0.1) is 11.6 Å². The van der Waals surface area contributed by atoms with Gasteiger partial charge in [-0.25, -0.2) is 17.6 Å². The Bertz CT molecular complexity index is 891. The molecule has 2 nitrogen and oxygen atoms in total. The predicted molar refractivity (Wildman–Crippen MR) is 97.9 cm³/mol.